The molecule has 7 rings (SSSR count). The van der Waals surface area contributed by atoms with Gasteiger partial charge in [0.1, 0.15) is 11.5 Å². The highest BCUT2D eigenvalue weighted by atomic mass is 16.3. The van der Waals surface area contributed by atoms with Gasteiger partial charge in [0.15, 0.2) is 0 Å². The summed E-state index contributed by atoms with van der Waals surface area (Å²) in [4.78, 5) is 0. The van der Waals surface area contributed by atoms with Gasteiger partial charge in [0.25, 0.3) is 0 Å². The van der Waals surface area contributed by atoms with Crippen LogP contribution in [0.2, 0.25) is 0 Å². The molecule has 1 heterocycles. The van der Waals surface area contributed by atoms with E-state index in [2.05, 4.69) is 79.8 Å². The van der Waals surface area contributed by atoms with Gasteiger partial charge in [-0.05, 0) is 66.0 Å². The van der Waals surface area contributed by atoms with Crippen LogP contribution in [0.15, 0.2) is 82.8 Å². The third-order valence-corrected chi connectivity index (χ3v) is 8.03. The molecule has 4 atom stereocenters. The van der Waals surface area contributed by atoms with Crippen molar-refractivity contribution in [2.45, 2.75) is 44.6 Å². The number of nitrogens with two attached hydrogens (primary N) is 1. The highest BCUT2D eigenvalue weighted by Gasteiger charge is 2.47. The van der Waals surface area contributed by atoms with E-state index in [-0.39, 0.29) is 6.04 Å². The van der Waals surface area contributed by atoms with E-state index in [1.54, 1.807) is 0 Å². The smallest absolute Gasteiger partial charge is 0.138 e. The molecule has 4 aliphatic rings. The molecule has 2 heteroatoms. The van der Waals surface area contributed by atoms with Crippen LogP contribution in [0.25, 0.3) is 21.9 Å². The van der Waals surface area contributed by atoms with Gasteiger partial charge in [-0.25, -0.2) is 0 Å². The highest BCUT2D eigenvalue weighted by molar-refractivity contribution is 5.92. The quantitative estimate of drug-likeness (QED) is 0.478. The summed E-state index contributed by atoms with van der Waals surface area (Å²) in [6.45, 7) is 2.10. The summed E-state index contributed by atoms with van der Waals surface area (Å²) in [5.41, 5.74) is 14.5. The molecule has 0 bridgehead atoms. The van der Waals surface area contributed by atoms with Crippen LogP contribution in [-0.4, -0.2) is 6.04 Å². The summed E-state index contributed by atoms with van der Waals surface area (Å²) in [6, 6.07) is 15.6. The van der Waals surface area contributed by atoms with Crippen LogP contribution >= 0.6 is 0 Å². The molecule has 0 radical (unpaired) electrons. The maximum absolute atomic E-state index is 6.73. The van der Waals surface area contributed by atoms with Crippen LogP contribution in [0.3, 0.4) is 0 Å². The van der Waals surface area contributed by atoms with Crippen molar-refractivity contribution in [2.24, 2.45) is 17.6 Å². The van der Waals surface area contributed by atoms with Crippen molar-refractivity contribution in [1.29, 1.82) is 0 Å². The summed E-state index contributed by atoms with van der Waals surface area (Å²) in [7, 11) is 0. The first-order valence-electron chi connectivity index (χ1n) is 12.4. The summed E-state index contributed by atoms with van der Waals surface area (Å²) >= 11 is 0. The average Bonchev–Trinajstić information content (AvgIpc) is 3.53. The monoisotopic (exact) mass is 431 g/mol. The SMILES string of the molecule is CC(N)C1=CC=CC(C2=CCCc3oc4c(c32)C2CC2C=C4c2ccc3ccccc3c2)C1. The van der Waals surface area contributed by atoms with Crippen LogP contribution in [0.5, 0.6) is 0 Å². The van der Waals surface area contributed by atoms with Gasteiger partial charge in [-0.1, -0.05) is 72.4 Å². The second-order valence-electron chi connectivity index (χ2n) is 10.2. The van der Waals surface area contributed by atoms with E-state index in [1.807, 2.05) is 0 Å². The van der Waals surface area contributed by atoms with Crippen molar-refractivity contribution in [3.05, 3.63) is 107 Å². The molecule has 2 N–H and O–H groups in total. The summed E-state index contributed by atoms with van der Waals surface area (Å²) in [6.07, 6.45) is 16.0. The van der Waals surface area contributed by atoms with Crippen molar-refractivity contribution >= 4 is 21.9 Å². The van der Waals surface area contributed by atoms with Crippen LogP contribution in [-0.2, 0) is 6.42 Å². The Balaban J connectivity index is 1.33. The van der Waals surface area contributed by atoms with E-state index in [0.717, 1.165) is 25.0 Å². The van der Waals surface area contributed by atoms with Gasteiger partial charge >= 0.3 is 0 Å². The Morgan fingerprint density at radius 1 is 1.09 bits per heavy atom. The molecule has 2 nitrogen and oxygen atoms in total. The molecule has 0 aliphatic heterocycles. The predicted octanol–water partition coefficient (Wildman–Crippen LogP) is 7.16. The van der Waals surface area contributed by atoms with Gasteiger partial charge in [-0.15, -0.1) is 0 Å². The standard InChI is InChI=1S/C31H29NO/c1-18(32)20-8-4-9-22(14-20)25-10-5-11-28-29(25)30-26-16-24(26)17-27(31(30)33-28)23-13-12-19-6-2-3-7-21(19)15-23/h2-4,6-10,12-13,15,17-18,22,24,26H,5,11,14,16,32H2,1H3. The molecule has 2 aromatic carbocycles. The molecule has 0 saturated heterocycles. The molecule has 4 unspecified atom stereocenters. The molecule has 0 amide bonds. The fourth-order valence-corrected chi connectivity index (χ4v) is 6.20. The molecule has 1 saturated carbocycles. The Bertz CT molecular complexity index is 1410. The normalized spacial score (nSPS) is 26.0. The lowest BCUT2D eigenvalue weighted by Crippen LogP contribution is -2.22. The first kappa shape index (κ1) is 19.4. The number of hydrogen-bond donors (Lipinski definition) is 1. The Morgan fingerprint density at radius 2 is 1.97 bits per heavy atom. The minimum absolute atomic E-state index is 0.106. The predicted molar refractivity (Wildman–Crippen MR) is 136 cm³/mol. The van der Waals surface area contributed by atoms with Crippen molar-refractivity contribution in [1.82, 2.24) is 0 Å². The summed E-state index contributed by atoms with van der Waals surface area (Å²) < 4.78 is 6.73. The average molecular weight is 432 g/mol. The minimum atomic E-state index is 0.106. The lowest BCUT2D eigenvalue weighted by Gasteiger charge is -2.26. The number of hydrogen-bond acceptors (Lipinski definition) is 2. The van der Waals surface area contributed by atoms with Crippen molar-refractivity contribution in [3.8, 4) is 0 Å². The maximum Gasteiger partial charge on any atom is 0.138 e. The third-order valence-electron chi connectivity index (χ3n) is 8.03. The number of aryl methyl sites for hydroxylation is 1. The Morgan fingerprint density at radius 3 is 2.85 bits per heavy atom. The van der Waals surface area contributed by atoms with Gasteiger partial charge in [0.2, 0.25) is 0 Å². The second kappa shape index (κ2) is 7.20. The summed E-state index contributed by atoms with van der Waals surface area (Å²) in [5, 5.41) is 2.57. The Labute approximate surface area is 195 Å². The van der Waals surface area contributed by atoms with E-state index in [4.69, 9.17) is 10.2 Å². The molecule has 0 spiro atoms. The number of rotatable bonds is 3. The zero-order chi connectivity index (χ0) is 22.1. The van der Waals surface area contributed by atoms with Crippen molar-refractivity contribution < 1.29 is 4.42 Å². The molecule has 3 aromatic rings. The van der Waals surface area contributed by atoms with E-state index < -0.39 is 0 Å². The fraction of sp³-hybridized carbons (Fsp3) is 0.290. The largest absolute Gasteiger partial charge is 0.460 e. The first-order chi connectivity index (χ1) is 16.2. The molecule has 1 aromatic heterocycles. The van der Waals surface area contributed by atoms with Crippen LogP contribution < -0.4 is 5.73 Å². The van der Waals surface area contributed by atoms with E-state index in [1.165, 1.54) is 56.4 Å². The van der Waals surface area contributed by atoms with Gasteiger partial charge < -0.3 is 10.2 Å². The molecule has 4 aliphatic carbocycles. The van der Waals surface area contributed by atoms with Crippen LogP contribution in [0, 0.1) is 11.8 Å². The van der Waals surface area contributed by atoms with E-state index in [0.29, 0.717) is 17.8 Å². The van der Waals surface area contributed by atoms with E-state index in [9.17, 15) is 0 Å². The molecule has 164 valence electrons. The van der Waals surface area contributed by atoms with Gasteiger partial charge in [0, 0.05) is 35.1 Å². The van der Waals surface area contributed by atoms with E-state index >= 15 is 0 Å². The number of allylic oxidation sites excluding steroid dienone is 6. The zero-order valence-electron chi connectivity index (χ0n) is 19.1. The summed E-state index contributed by atoms with van der Waals surface area (Å²) in [5.74, 6) is 3.98. The van der Waals surface area contributed by atoms with Crippen LogP contribution in [0.1, 0.15) is 60.3 Å². The third kappa shape index (κ3) is 3.04. The fourth-order valence-electron chi connectivity index (χ4n) is 6.20. The van der Waals surface area contributed by atoms with Gasteiger partial charge in [0.05, 0.1) is 0 Å². The first-order valence-corrected chi connectivity index (χ1v) is 12.4. The molecule has 33 heavy (non-hydrogen) atoms. The minimum Gasteiger partial charge on any atom is -0.460 e. The Hall–Kier alpha value is -3.10. The number of fused-ring (bicyclic) bond motifs is 6. The van der Waals surface area contributed by atoms with Gasteiger partial charge in [-0.3, -0.25) is 0 Å². The van der Waals surface area contributed by atoms with Gasteiger partial charge in [-0.2, -0.15) is 0 Å². The molecular formula is C31H29NO. The second-order valence-corrected chi connectivity index (χ2v) is 10.2. The highest BCUT2D eigenvalue weighted by Crippen LogP contribution is 2.60. The molecular weight excluding hydrogens is 402 g/mol. The topological polar surface area (TPSA) is 39.2 Å². The number of benzene rings is 2. The number of furan rings is 1. The van der Waals surface area contributed by atoms with Crippen LogP contribution in [0.4, 0.5) is 0 Å². The maximum atomic E-state index is 6.73. The lowest BCUT2D eigenvalue weighted by atomic mass is 9.77. The van der Waals surface area contributed by atoms with Crippen molar-refractivity contribution in [3.63, 3.8) is 0 Å². The zero-order valence-corrected chi connectivity index (χ0v) is 19.1. The lowest BCUT2D eigenvalue weighted by molar-refractivity contribution is 0.492. The van der Waals surface area contributed by atoms with Crippen molar-refractivity contribution in [2.75, 3.05) is 0 Å². The Kier molecular flexibility index (Phi) is 4.23. The molecule has 1 fully saturated rings.